The molecule has 0 aromatic heterocycles. The SMILES string of the molecule is C.CCCCC(CC)CNC(=S)SCC(O)CSC. The van der Waals surface area contributed by atoms with Gasteiger partial charge in [-0.3, -0.25) is 0 Å². The van der Waals surface area contributed by atoms with Crippen LogP contribution in [0.3, 0.4) is 0 Å². The molecule has 0 radical (unpaired) electrons. The molecule has 0 aromatic rings. The first-order chi connectivity index (χ1) is 8.63. The van der Waals surface area contributed by atoms with Gasteiger partial charge in [-0.2, -0.15) is 11.8 Å². The Hall–Kier alpha value is 0.550. The van der Waals surface area contributed by atoms with Gasteiger partial charge in [0, 0.05) is 18.1 Å². The Morgan fingerprint density at radius 2 is 2.00 bits per heavy atom. The van der Waals surface area contributed by atoms with Crippen LogP contribution in [0.4, 0.5) is 0 Å². The third kappa shape index (κ3) is 13.3. The molecule has 2 unspecified atom stereocenters. The van der Waals surface area contributed by atoms with Crippen molar-refractivity contribution in [3.05, 3.63) is 0 Å². The summed E-state index contributed by atoms with van der Waals surface area (Å²) in [6.45, 7) is 5.44. The molecule has 2 atom stereocenters. The first-order valence-electron chi connectivity index (χ1n) is 6.71. The largest absolute Gasteiger partial charge is 0.391 e. The molecule has 0 aliphatic rings. The lowest BCUT2D eigenvalue weighted by molar-refractivity contribution is 0.225. The Kier molecular flexibility index (Phi) is 17.2. The molecule has 0 saturated carbocycles. The summed E-state index contributed by atoms with van der Waals surface area (Å²) in [7, 11) is 0. The number of nitrogens with one attached hydrogen (secondary N) is 1. The highest BCUT2D eigenvalue weighted by Crippen LogP contribution is 2.13. The van der Waals surface area contributed by atoms with Crippen molar-refractivity contribution in [1.82, 2.24) is 5.32 Å². The van der Waals surface area contributed by atoms with E-state index in [1.807, 2.05) is 6.26 Å². The van der Waals surface area contributed by atoms with Gasteiger partial charge in [-0.15, -0.1) is 0 Å². The molecule has 0 aliphatic heterocycles. The van der Waals surface area contributed by atoms with Crippen LogP contribution in [0, 0.1) is 5.92 Å². The van der Waals surface area contributed by atoms with Crippen LogP contribution in [-0.2, 0) is 0 Å². The molecule has 0 aliphatic carbocycles. The van der Waals surface area contributed by atoms with E-state index in [1.54, 1.807) is 23.5 Å². The predicted octanol–water partition coefficient (Wildman–Crippen LogP) is 4.17. The van der Waals surface area contributed by atoms with Gasteiger partial charge in [0.2, 0.25) is 0 Å². The molecule has 0 fully saturated rings. The molecule has 0 amide bonds. The average molecular weight is 326 g/mol. The normalized spacial score (nSPS) is 13.5. The van der Waals surface area contributed by atoms with Crippen LogP contribution in [-0.4, -0.2) is 39.8 Å². The zero-order valence-corrected chi connectivity index (χ0v) is 14.2. The molecule has 19 heavy (non-hydrogen) atoms. The number of aliphatic hydroxyl groups is 1. The van der Waals surface area contributed by atoms with E-state index in [9.17, 15) is 5.11 Å². The molecule has 0 rings (SSSR count). The molecule has 116 valence electrons. The highest BCUT2D eigenvalue weighted by molar-refractivity contribution is 8.23. The third-order valence-corrected chi connectivity index (χ3v) is 5.02. The third-order valence-electron chi connectivity index (χ3n) is 2.84. The Morgan fingerprint density at radius 1 is 1.32 bits per heavy atom. The zero-order valence-electron chi connectivity index (χ0n) is 11.8. The van der Waals surface area contributed by atoms with Crippen molar-refractivity contribution in [2.45, 2.75) is 53.1 Å². The lowest BCUT2D eigenvalue weighted by atomic mass is 10.00. The fourth-order valence-corrected chi connectivity index (χ4v) is 3.22. The Labute approximate surface area is 133 Å². The first kappa shape index (κ1) is 21.8. The summed E-state index contributed by atoms with van der Waals surface area (Å²) in [5.41, 5.74) is 0. The summed E-state index contributed by atoms with van der Waals surface area (Å²) in [6, 6.07) is 0. The van der Waals surface area contributed by atoms with Crippen LogP contribution in [0.25, 0.3) is 0 Å². The first-order valence-corrected chi connectivity index (χ1v) is 9.50. The van der Waals surface area contributed by atoms with E-state index in [1.165, 1.54) is 25.7 Å². The molecule has 2 nitrogen and oxygen atoms in total. The van der Waals surface area contributed by atoms with Gasteiger partial charge in [-0.05, 0) is 18.6 Å². The van der Waals surface area contributed by atoms with Crippen LogP contribution in [0.5, 0.6) is 0 Å². The smallest absolute Gasteiger partial charge is 0.133 e. The van der Waals surface area contributed by atoms with Gasteiger partial charge in [0.15, 0.2) is 0 Å². The standard InChI is InChI=1S/C13H27NOS3.CH4/c1-4-6-7-11(5-2)8-14-13(16)18-10-12(15)9-17-3;/h11-12,15H,4-10H2,1-3H3,(H,14,16);1H4. The van der Waals surface area contributed by atoms with Crippen molar-refractivity contribution in [3.8, 4) is 0 Å². The van der Waals surface area contributed by atoms with Gasteiger partial charge in [0.05, 0.1) is 6.10 Å². The van der Waals surface area contributed by atoms with Crippen LogP contribution in [0.2, 0.25) is 0 Å². The van der Waals surface area contributed by atoms with E-state index < -0.39 is 0 Å². The van der Waals surface area contributed by atoms with E-state index in [4.69, 9.17) is 12.2 Å². The molecule has 0 heterocycles. The maximum atomic E-state index is 9.61. The Bertz CT molecular complexity index is 215. The molecular weight excluding hydrogens is 294 g/mol. The van der Waals surface area contributed by atoms with E-state index in [0.29, 0.717) is 5.75 Å². The van der Waals surface area contributed by atoms with Gasteiger partial charge in [-0.1, -0.05) is 64.5 Å². The predicted molar refractivity (Wildman–Crippen MR) is 97.5 cm³/mol. The van der Waals surface area contributed by atoms with E-state index in [0.717, 1.165) is 22.5 Å². The molecule has 0 bridgehead atoms. The summed E-state index contributed by atoms with van der Waals surface area (Å²) in [5, 5.41) is 12.9. The van der Waals surface area contributed by atoms with Crippen molar-refractivity contribution in [2.24, 2.45) is 5.92 Å². The Morgan fingerprint density at radius 3 is 2.53 bits per heavy atom. The quantitative estimate of drug-likeness (QED) is 0.589. The van der Waals surface area contributed by atoms with Crippen molar-refractivity contribution in [1.29, 1.82) is 0 Å². The van der Waals surface area contributed by atoms with E-state index in [-0.39, 0.29) is 13.5 Å². The lowest BCUT2D eigenvalue weighted by Crippen LogP contribution is -2.27. The summed E-state index contributed by atoms with van der Waals surface area (Å²) in [4.78, 5) is 0. The second-order valence-electron chi connectivity index (χ2n) is 4.51. The van der Waals surface area contributed by atoms with Crippen LogP contribution in [0.1, 0.15) is 47.0 Å². The number of aliphatic hydroxyl groups excluding tert-OH is 1. The monoisotopic (exact) mass is 325 g/mol. The lowest BCUT2D eigenvalue weighted by Gasteiger charge is -2.16. The fraction of sp³-hybridized carbons (Fsp3) is 0.929. The minimum atomic E-state index is -0.258. The number of hydrogen-bond donors (Lipinski definition) is 2. The number of thiocarbonyl (C=S) groups is 1. The topological polar surface area (TPSA) is 32.3 Å². The van der Waals surface area contributed by atoms with Crippen molar-refractivity contribution >= 4 is 40.1 Å². The van der Waals surface area contributed by atoms with Crippen LogP contribution < -0.4 is 5.32 Å². The number of thioether (sulfide) groups is 2. The van der Waals surface area contributed by atoms with Crippen LogP contribution in [0.15, 0.2) is 0 Å². The van der Waals surface area contributed by atoms with E-state index >= 15 is 0 Å². The highest BCUT2D eigenvalue weighted by Gasteiger charge is 2.08. The Balaban J connectivity index is 0. The maximum absolute atomic E-state index is 9.61. The highest BCUT2D eigenvalue weighted by atomic mass is 32.2. The number of hydrogen-bond acceptors (Lipinski definition) is 4. The van der Waals surface area contributed by atoms with Gasteiger partial charge in [0.25, 0.3) is 0 Å². The second kappa shape index (κ2) is 14.9. The van der Waals surface area contributed by atoms with Gasteiger partial charge in [0.1, 0.15) is 4.32 Å². The summed E-state index contributed by atoms with van der Waals surface area (Å²) in [6.07, 6.45) is 6.79. The fourth-order valence-electron chi connectivity index (χ4n) is 1.63. The van der Waals surface area contributed by atoms with E-state index in [2.05, 4.69) is 19.2 Å². The average Bonchev–Trinajstić information content (AvgIpc) is 2.37. The van der Waals surface area contributed by atoms with Crippen molar-refractivity contribution < 1.29 is 5.11 Å². The summed E-state index contributed by atoms with van der Waals surface area (Å²) < 4.78 is 0.824. The molecular formula is C14H31NOS3. The molecule has 0 spiro atoms. The van der Waals surface area contributed by atoms with Gasteiger partial charge < -0.3 is 10.4 Å². The molecule has 5 heteroatoms. The summed E-state index contributed by atoms with van der Waals surface area (Å²) >= 11 is 8.49. The minimum absolute atomic E-state index is 0. The molecule has 0 saturated heterocycles. The van der Waals surface area contributed by atoms with Crippen molar-refractivity contribution in [2.75, 3.05) is 24.3 Å². The number of unbranched alkanes of at least 4 members (excludes halogenated alkanes) is 1. The minimum Gasteiger partial charge on any atom is -0.391 e. The van der Waals surface area contributed by atoms with Gasteiger partial charge >= 0.3 is 0 Å². The number of rotatable bonds is 10. The second-order valence-corrected chi connectivity index (χ2v) is 7.11. The summed E-state index contributed by atoms with van der Waals surface area (Å²) in [5.74, 6) is 2.20. The van der Waals surface area contributed by atoms with Crippen LogP contribution >= 0.6 is 35.7 Å². The maximum Gasteiger partial charge on any atom is 0.133 e. The molecule has 2 N–H and O–H groups in total. The molecule has 0 aromatic carbocycles. The van der Waals surface area contributed by atoms with Crippen molar-refractivity contribution in [3.63, 3.8) is 0 Å². The van der Waals surface area contributed by atoms with Gasteiger partial charge in [-0.25, -0.2) is 0 Å². The zero-order chi connectivity index (χ0) is 13.8.